The van der Waals surface area contributed by atoms with E-state index in [2.05, 4.69) is 20.6 Å². The molecule has 1 fully saturated rings. The minimum Gasteiger partial charge on any atom is -0.463 e. The second kappa shape index (κ2) is 7.95. The highest BCUT2D eigenvalue weighted by atomic mass is 16.5. The van der Waals surface area contributed by atoms with Crippen molar-refractivity contribution in [2.24, 2.45) is 5.92 Å². The van der Waals surface area contributed by atoms with Crippen LogP contribution in [0.2, 0.25) is 0 Å². The van der Waals surface area contributed by atoms with Gasteiger partial charge in [-0.25, -0.2) is 4.98 Å². The summed E-state index contributed by atoms with van der Waals surface area (Å²) in [7, 11) is 0. The topological polar surface area (TPSA) is 128 Å². The van der Waals surface area contributed by atoms with Crippen molar-refractivity contribution in [3.8, 4) is 11.5 Å². The van der Waals surface area contributed by atoms with E-state index in [1.807, 2.05) is 0 Å². The maximum atomic E-state index is 13.4. The molecule has 0 spiro atoms. The summed E-state index contributed by atoms with van der Waals surface area (Å²) < 4.78 is 15.8. The zero-order valence-electron chi connectivity index (χ0n) is 17.6. The van der Waals surface area contributed by atoms with E-state index >= 15 is 0 Å². The molecule has 0 unspecified atom stereocenters. The average molecular weight is 435 g/mol. The number of anilines is 1. The number of nitrogens with one attached hydrogen (secondary N) is 1. The first-order valence-corrected chi connectivity index (χ1v) is 10.3. The Hall–Kier alpha value is -3.95. The van der Waals surface area contributed by atoms with Crippen molar-refractivity contribution in [1.29, 1.82) is 0 Å². The standard InChI is InChI=1S/C22H21N5O5/c1-12-10-18(26-31-12)24-20(28)14-5-7-27(8-6-14)22(29)15-11-16(17-4-3-9-30-17)23-21-19(15)13(2)25-32-21/h3-4,9-11,14H,5-8H2,1-2H3,(H,24,26,28). The molecule has 10 heteroatoms. The number of aryl methyl sites for hydroxylation is 2. The van der Waals surface area contributed by atoms with Gasteiger partial charge in [-0.2, -0.15) is 0 Å². The molecule has 1 aliphatic rings. The number of hydrogen-bond acceptors (Lipinski definition) is 8. The first-order valence-electron chi connectivity index (χ1n) is 10.3. The van der Waals surface area contributed by atoms with Gasteiger partial charge in [0.1, 0.15) is 11.5 Å². The molecule has 4 aromatic heterocycles. The van der Waals surface area contributed by atoms with Gasteiger partial charge in [-0.3, -0.25) is 9.59 Å². The number of piperidine rings is 1. The van der Waals surface area contributed by atoms with E-state index in [0.29, 0.717) is 65.6 Å². The minimum absolute atomic E-state index is 0.119. The van der Waals surface area contributed by atoms with Gasteiger partial charge in [0.2, 0.25) is 5.91 Å². The Morgan fingerprint density at radius 3 is 2.62 bits per heavy atom. The van der Waals surface area contributed by atoms with Gasteiger partial charge in [-0.1, -0.05) is 10.3 Å². The summed E-state index contributed by atoms with van der Waals surface area (Å²) in [6.45, 7) is 4.45. The number of likely N-dealkylation sites (tertiary alicyclic amines) is 1. The summed E-state index contributed by atoms with van der Waals surface area (Å²) in [5, 5.41) is 11.1. The predicted molar refractivity (Wildman–Crippen MR) is 113 cm³/mol. The third-order valence-corrected chi connectivity index (χ3v) is 5.65. The van der Waals surface area contributed by atoms with Crippen LogP contribution in [0, 0.1) is 19.8 Å². The van der Waals surface area contributed by atoms with Gasteiger partial charge in [-0.05, 0) is 44.9 Å². The summed E-state index contributed by atoms with van der Waals surface area (Å²) in [6.07, 6.45) is 2.65. The van der Waals surface area contributed by atoms with Crippen LogP contribution in [-0.4, -0.2) is 45.1 Å². The number of amides is 2. The van der Waals surface area contributed by atoms with Crippen molar-refractivity contribution in [1.82, 2.24) is 20.2 Å². The van der Waals surface area contributed by atoms with Gasteiger partial charge >= 0.3 is 0 Å². The summed E-state index contributed by atoms with van der Waals surface area (Å²) in [6, 6.07) is 6.90. The van der Waals surface area contributed by atoms with Crippen LogP contribution in [0.5, 0.6) is 0 Å². The van der Waals surface area contributed by atoms with Gasteiger partial charge in [0, 0.05) is 25.1 Å². The summed E-state index contributed by atoms with van der Waals surface area (Å²) in [5.41, 5.74) is 1.84. The number of rotatable bonds is 4. The van der Waals surface area contributed by atoms with Crippen molar-refractivity contribution in [2.75, 3.05) is 18.4 Å². The SMILES string of the molecule is Cc1cc(NC(=O)C2CCN(C(=O)c3cc(-c4ccco4)nc4onc(C)c34)CC2)no1. The Morgan fingerprint density at radius 1 is 1.12 bits per heavy atom. The molecule has 0 bridgehead atoms. The van der Waals surface area contributed by atoms with Gasteiger partial charge in [0.25, 0.3) is 11.6 Å². The van der Waals surface area contributed by atoms with Crippen molar-refractivity contribution in [2.45, 2.75) is 26.7 Å². The summed E-state index contributed by atoms with van der Waals surface area (Å²) in [5.74, 6) is 1.09. The third-order valence-electron chi connectivity index (χ3n) is 5.65. The van der Waals surface area contributed by atoms with Crippen molar-refractivity contribution in [3.05, 3.63) is 47.5 Å². The lowest BCUT2D eigenvalue weighted by molar-refractivity contribution is -0.121. The van der Waals surface area contributed by atoms with Crippen LogP contribution >= 0.6 is 0 Å². The zero-order chi connectivity index (χ0) is 22.2. The molecule has 0 atom stereocenters. The number of furan rings is 1. The van der Waals surface area contributed by atoms with Gasteiger partial charge in [-0.15, -0.1) is 0 Å². The number of pyridine rings is 1. The maximum Gasteiger partial charge on any atom is 0.259 e. The Morgan fingerprint density at radius 2 is 1.94 bits per heavy atom. The third kappa shape index (κ3) is 3.64. The number of nitrogens with zero attached hydrogens (tertiary/aromatic N) is 4. The molecule has 0 aromatic carbocycles. The molecule has 5 rings (SSSR count). The van der Waals surface area contributed by atoms with Gasteiger partial charge in [0.15, 0.2) is 11.6 Å². The number of fused-ring (bicyclic) bond motifs is 1. The lowest BCUT2D eigenvalue weighted by Gasteiger charge is -2.31. The fourth-order valence-corrected chi connectivity index (χ4v) is 3.98. The van der Waals surface area contributed by atoms with Crippen molar-refractivity contribution >= 4 is 28.7 Å². The second-order valence-electron chi connectivity index (χ2n) is 7.86. The molecule has 1 N–H and O–H groups in total. The minimum atomic E-state index is -0.204. The van der Waals surface area contributed by atoms with E-state index in [0.717, 1.165) is 0 Å². The van der Waals surface area contributed by atoms with Crippen LogP contribution in [0.1, 0.15) is 34.7 Å². The molecular weight excluding hydrogens is 414 g/mol. The Balaban J connectivity index is 1.34. The van der Waals surface area contributed by atoms with E-state index < -0.39 is 0 Å². The molecule has 4 aromatic rings. The van der Waals surface area contributed by atoms with E-state index in [1.54, 1.807) is 49.3 Å². The molecule has 0 saturated carbocycles. The number of carbonyl (C=O) groups excluding carboxylic acids is 2. The Bertz CT molecular complexity index is 1280. The molecule has 32 heavy (non-hydrogen) atoms. The van der Waals surface area contributed by atoms with E-state index in [1.165, 1.54) is 0 Å². The van der Waals surface area contributed by atoms with E-state index in [-0.39, 0.29) is 23.4 Å². The monoisotopic (exact) mass is 435 g/mol. The van der Waals surface area contributed by atoms with Crippen LogP contribution in [-0.2, 0) is 4.79 Å². The summed E-state index contributed by atoms with van der Waals surface area (Å²) >= 11 is 0. The number of aromatic nitrogens is 3. The smallest absolute Gasteiger partial charge is 0.259 e. The average Bonchev–Trinajstić information content (AvgIpc) is 3.55. The van der Waals surface area contributed by atoms with Crippen LogP contribution in [0.3, 0.4) is 0 Å². The maximum absolute atomic E-state index is 13.4. The van der Waals surface area contributed by atoms with Gasteiger partial charge in [0.05, 0.1) is 22.9 Å². The molecule has 1 aliphatic heterocycles. The molecule has 164 valence electrons. The highest BCUT2D eigenvalue weighted by molar-refractivity contribution is 6.07. The van der Waals surface area contributed by atoms with E-state index in [4.69, 9.17) is 13.5 Å². The number of carbonyl (C=O) groups is 2. The lowest BCUT2D eigenvalue weighted by atomic mass is 9.95. The number of hydrogen-bond donors (Lipinski definition) is 1. The molecule has 2 amide bonds. The molecule has 0 aliphatic carbocycles. The normalized spacial score (nSPS) is 14.8. The van der Waals surface area contributed by atoms with Gasteiger partial charge < -0.3 is 23.7 Å². The fourth-order valence-electron chi connectivity index (χ4n) is 3.98. The predicted octanol–water partition coefficient (Wildman–Crippen LogP) is 3.58. The highest BCUT2D eigenvalue weighted by Crippen LogP contribution is 2.29. The van der Waals surface area contributed by atoms with Crippen molar-refractivity contribution in [3.63, 3.8) is 0 Å². The summed E-state index contributed by atoms with van der Waals surface area (Å²) in [4.78, 5) is 32.2. The van der Waals surface area contributed by atoms with E-state index in [9.17, 15) is 9.59 Å². The van der Waals surface area contributed by atoms with Crippen LogP contribution in [0.4, 0.5) is 5.82 Å². The van der Waals surface area contributed by atoms with Crippen molar-refractivity contribution < 1.29 is 23.1 Å². The fraction of sp³-hybridized carbons (Fsp3) is 0.318. The molecule has 0 radical (unpaired) electrons. The molecule has 5 heterocycles. The van der Waals surface area contributed by atoms with Crippen LogP contribution in [0.25, 0.3) is 22.6 Å². The first-order chi connectivity index (χ1) is 15.5. The quantitative estimate of drug-likeness (QED) is 0.515. The Kier molecular flexibility index (Phi) is 4.96. The molecule has 10 nitrogen and oxygen atoms in total. The van der Waals surface area contributed by atoms with Crippen LogP contribution < -0.4 is 5.32 Å². The Labute approximate surface area is 182 Å². The first kappa shape index (κ1) is 20.0. The largest absolute Gasteiger partial charge is 0.463 e. The molecule has 1 saturated heterocycles. The zero-order valence-corrected chi connectivity index (χ0v) is 17.6. The highest BCUT2D eigenvalue weighted by Gasteiger charge is 2.30. The second-order valence-corrected chi connectivity index (χ2v) is 7.86. The molecular formula is C22H21N5O5. The lowest BCUT2D eigenvalue weighted by Crippen LogP contribution is -2.41. The van der Waals surface area contributed by atoms with Crippen LogP contribution in [0.15, 0.2) is 44.0 Å².